The molecule has 1 atom stereocenters. The lowest BCUT2D eigenvalue weighted by Gasteiger charge is -2.14. The SMILES string of the molecule is CCCc1nc2ccc(C(=O)O)cc2n1CC1CCCO1. The lowest BCUT2D eigenvalue weighted by Crippen LogP contribution is -2.17. The summed E-state index contributed by atoms with van der Waals surface area (Å²) >= 11 is 0. The largest absolute Gasteiger partial charge is 0.478 e. The van der Waals surface area contributed by atoms with Gasteiger partial charge in [-0.05, 0) is 37.5 Å². The number of ether oxygens (including phenoxy) is 1. The van der Waals surface area contributed by atoms with Crippen molar-refractivity contribution in [2.24, 2.45) is 0 Å². The number of imidazole rings is 1. The number of aromatic carboxylic acids is 1. The van der Waals surface area contributed by atoms with E-state index in [1.807, 2.05) is 0 Å². The summed E-state index contributed by atoms with van der Waals surface area (Å²) in [6.45, 7) is 3.70. The molecule has 1 fully saturated rings. The maximum atomic E-state index is 11.2. The number of benzene rings is 1. The number of carbonyl (C=O) groups is 1. The van der Waals surface area contributed by atoms with Gasteiger partial charge in [-0.2, -0.15) is 0 Å². The lowest BCUT2D eigenvalue weighted by atomic mass is 10.2. The molecule has 1 saturated heterocycles. The number of hydrogen-bond acceptors (Lipinski definition) is 3. The van der Waals surface area contributed by atoms with E-state index >= 15 is 0 Å². The summed E-state index contributed by atoms with van der Waals surface area (Å²) < 4.78 is 7.86. The number of carboxylic acids is 1. The lowest BCUT2D eigenvalue weighted by molar-refractivity contribution is 0.0697. The van der Waals surface area contributed by atoms with Crippen molar-refractivity contribution in [2.45, 2.75) is 45.3 Å². The van der Waals surface area contributed by atoms with Gasteiger partial charge in [-0.3, -0.25) is 0 Å². The monoisotopic (exact) mass is 288 g/mol. The Morgan fingerprint density at radius 2 is 2.38 bits per heavy atom. The van der Waals surface area contributed by atoms with Crippen LogP contribution in [0.4, 0.5) is 0 Å². The number of hydrogen-bond donors (Lipinski definition) is 1. The highest BCUT2D eigenvalue weighted by Crippen LogP contribution is 2.22. The predicted molar refractivity (Wildman–Crippen MR) is 79.7 cm³/mol. The number of rotatable bonds is 5. The second-order valence-corrected chi connectivity index (χ2v) is 5.53. The maximum Gasteiger partial charge on any atom is 0.335 e. The Morgan fingerprint density at radius 1 is 1.52 bits per heavy atom. The Morgan fingerprint density at radius 3 is 3.05 bits per heavy atom. The molecule has 0 spiro atoms. The first-order valence-corrected chi connectivity index (χ1v) is 7.53. The molecule has 3 rings (SSSR count). The van der Waals surface area contributed by atoms with E-state index in [1.54, 1.807) is 18.2 Å². The number of aryl methyl sites for hydroxylation is 1. The summed E-state index contributed by atoms with van der Waals surface area (Å²) in [5, 5.41) is 9.18. The number of aromatic nitrogens is 2. The Balaban J connectivity index is 2.04. The molecule has 0 aliphatic carbocycles. The molecule has 2 heterocycles. The van der Waals surface area contributed by atoms with Gasteiger partial charge >= 0.3 is 5.97 Å². The van der Waals surface area contributed by atoms with Crippen LogP contribution in [0.15, 0.2) is 18.2 Å². The van der Waals surface area contributed by atoms with Gasteiger partial charge in [0.2, 0.25) is 0 Å². The van der Waals surface area contributed by atoms with Gasteiger partial charge in [-0.25, -0.2) is 9.78 Å². The summed E-state index contributed by atoms with van der Waals surface area (Å²) in [6.07, 6.45) is 4.28. The molecule has 0 amide bonds. The van der Waals surface area contributed by atoms with E-state index in [0.717, 1.165) is 55.7 Å². The highest BCUT2D eigenvalue weighted by molar-refractivity contribution is 5.92. The first-order valence-electron chi connectivity index (χ1n) is 7.53. The Labute approximate surface area is 123 Å². The van der Waals surface area contributed by atoms with Crippen molar-refractivity contribution < 1.29 is 14.6 Å². The smallest absolute Gasteiger partial charge is 0.335 e. The van der Waals surface area contributed by atoms with Crippen molar-refractivity contribution in [2.75, 3.05) is 6.61 Å². The van der Waals surface area contributed by atoms with Gasteiger partial charge in [-0.1, -0.05) is 6.92 Å². The minimum Gasteiger partial charge on any atom is -0.478 e. The molecule has 0 radical (unpaired) electrons. The summed E-state index contributed by atoms with van der Waals surface area (Å²) in [7, 11) is 0. The normalized spacial score (nSPS) is 18.4. The molecule has 1 unspecified atom stereocenters. The Bertz CT molecular complexity index is 657. The van der Waals surface area contributed by atoms with Crippen LogP contribution in [0.2, 0.25) is 0 Å². The van der Waals surface area contributed by atoms with Crippen molar-refractivity contribution >= 4 is 17.0 Å². The second-order valence-electron chi connectivity index (χ2n) is 5.53. The number of fused-ring (bicyclic) bond motifs is 1. The zero-order valence-corrected chi connectivity index (χ0v) is 12.2. The van der Waals surface area contributed by atoms with E-state index in [9.17, 15) is 9.90 Å². The van der Waals surface area contributed by atoms with E-state index in [-0.39, 0.29) is 6.10 Å². The molecular weight excluding hydrogens is 268 g/mol. The summed E-state index contributed by atoms with van der Waals surface area (Å²) in [5.41, 5.74) is 2.06. The predicted octanol–water partition coefficient (Wildman–Crippen LogP) is 2.87. The van der Waals surface area contributed by atoms with E-state index in [1.165, 1.54) is 0 Å². The first-order chi connectivity index (χ1) is 10.2. The number of nitrogens with zero attached hydrogens (tertiary/aromatic N) is 2. The van der Waals surface area contributed by atoms with Crippen molar-refractivity contribution in [1.82, 2.24) is 9.55 Å². The van der Waals surface area contributed by atoms with Gasteiger partial charge in [0.25, 0.3) is 0 Å². The van der Waals surface area contributed by atoms with Crippen LogP contribution in [0.3, 0.4) is 0 Å². The van der Waals surface area contributed by atoms with Crippen LogP contribution < -0.4 is 0 Å². The summed E-state index contributed by atoms with van der Waals surface area (Å²) in [4.78, 5) is 15.8. The van der Waals surface area contributed by atoms with E-state index in [0.29, 0.717) is 5.56 Å². The highest BCUT2D eigenvalue weighted by atomic mass is 16.5. The fourth-order valence-electron chi connectivity index (χ4n) is 2.92. The van der Waals surface area contributed by atoms with E-state index < -0.39 is 5.97 Å². The molecule has 0 bridgehead atoms. The van der Waals surface area contributed by atoms with Gasteiger partial charge in [-0.15, -0.1) is 0 Å². The van der Waals surface area contributed by atoms with Crippen LogP contribution >= 0.6 is 0 Å². The third-order valence-electron chi connectivity index (χ3n) is 3.96. The zero-order chi connectivity index (χ0) is 14.8. The summed E-state index contributed by atoms with van der Waals surface area (Å²) in [5.74, 6) is 0.115. The maximum absolute atomic E-state index is 11.2. The standard InChI is InChI=1S/C16H20N2O3/c1-2-4-15-17-13-7-6-11(16(19)20)9-14(13)18(15)10-12-5-3-8-21-12/h6-7,9,12H,2-5,8,10H2,1H3,(H,19,20). The summed E-state index contributed by atoms with van der Waals surface area (Å²) in [6, 6.07) is 5.13. The van der Waals surface area contributed by atoms with Crippen LogP contribution in [0.1, 0.15) is 42.4 Å². The molecule has 1 aliphatic rings. The molecule has 1 N–H and O–H groups in total. The van der Waals surface area contributed by atoms with Crippen LogP contribution in [0, 0.1) is 0 Å². The number of carboxylic acid groups (broad SMARTS) is 1. The average molecular weight is 288 g/mol. The molecule has 2 aromatic rings. The van der Waals surface area contributed by atoms with Crippen LogP contribution in [-0.2, 0) is 17.7 Å². The van der Waals surface area contributed by atoms with Gasteiger partial charge in [0, 0.05) is 13.0 Å². The highest BCUT2D eigenvalue weighted by Gasteiger charge is 2.20. The minimum atomic E-state index is -0.904. The molecular formula is C16H20N2O3. The average Bonchev–Trinajstić information content (AvgIpc) is 3.08. The topological polar surface area (TPSA) is 64.3 Å². The van der Waals surface area contributed by atoms with Crippen molar-refractivity contribution in [3.63, 3.8) is 0 Å². The fourth-order valence-corrected chi connectivity index (χ4v) is 2.92. The third-order valence-corrected chi connectivity index (χ3v) is 3.96. The Hall–Kier alpha value is -1.88. The molecule has 1 aliphatic heterocycles. The van der Waals surface area contributed by atoms with E-state index in [2.05, 4.69) is 16.5 Å². The quantitative estimate of drug-likeness (QED) is 0.918. The molecule has 5 nitrogen and oxygen atoms in total. The molecule has 112 valence electrons. The fraction of sp³-hybridized carbons (Fsp3) is 0.500. The zero-order valence-electron chi connectivity index (χ0n) is 12.2. The first kappa shape index (κ1) is 14.1. The van der Waals surface area contributed by atoms with Crippen molar-refractivity contribution in [3.05, 3.63) is 29.6 Å². The molecule has 1 aromatic heterocycles. The molecule has 0 saturated carbocycles. The van der Waals surface area contributed by atoms with E-state index in [4.69, 9.17) is 4.74 Å². The molecule has 21 heavy (non-hydrogen) atoms. The van der Waals surface area contributed by atoms with Crippen LogP contribution in [0.25, 0.3) is 11.0 Å². The molecule has 1 aromatic carbocycles. The Kier molecular flexibility index (Phi) is 3.92. The van der Waals surface area contributed by atoms with Crippen molar-refractivity contribution in [3.8, 4) is 0 Å². The van der Waals surface area contributed by atoms with Crippen molar-refractivity contribution in [1.29, 1.82) is 0 Å². The third kappa shape index (κ3) is 2.78. The van der Waals surface area contributed by atoms with Gasteiger partial charge in [0.05, 0.1) is 29.2 Å². The second kappa shape index (κ2) is 5.85. The molecule has 5 heteroatoms. The van der Waals surface area contributed by atoms with Crippen LogP contribution in [-0.4, -0.2) is 33.3 Å². The van der Waals surface area contributed by atoms with Crippen LogP contribution in [0.5, 0.6) is 0 Å². The van der Waals surface area contributed by atoms with Gasteiger partial charge in [0.1, 0.15) is 5.82 Å². The van der Waals surface area contributed by atoms with Gasteiger partial charge in [0.15, 0.2) is 0 Å². The minimum absolute atomic E-state index is 0.214. The van der Waals surface area contributed by atoms with Gasteiger partial charge < -0.3 is 14.4 Å².